The van der Waals surface area contributed by atoms with Crippen LogP contribution in [0.3, 0.4) is 0 Å². The Kier molecular flexibility index (Phi) is 7.92. The Hall–Kier alpha value is -2.81. The number of aryl methyl sites for hydroxylation is 2. The molecule has 2 amide bonds. The Morgan fingerprint density at radius 2 is 1.76 bits per heavy atom. The fourth-order valence-electron chi connectivity index (χ4n) is 3.99. The maximum absolute atomic E-state index is 12.8. The Labute approximate surface area is 209 Å². The number of amides is 2. The number of carbonyl (C=O) groups is 2. The highest BCUT2D eigenvalue weighted by Crippen LogP contribution is 2.23. The second kappa shape index (κ2) is 11.1. The van der Waals surface area contributed by atoms with Crippen LogP contribution in [0.2, 0.25) is 5.02 Å². The third-order valence-corrected chi connectivity index (χ3v) is 7.04. The topological polar surface area (TPSA) is 70.5 Å². The first-order valence-electron chi connectivity index (χ1n) is 11.2. The highest BCUT2D eigenvalue weighted by Gasteiger charge is 2.23. The predicted octanol–water partition coefficient (Wildman–Crippen LogP) is 4.02. The SMILES string of the molecule is Cc1cccc(C)c1NC(=O)CN1CCN(C(=O)CSc2nccn2-c2cccc(Cl)c2)CC1. The van der Waals surface area contributed by atoms with E-state index in [-0.39, 0.29) is 11.8 Å². The molecule has 34 heavy (non-hydrogen) atoms. The minimum Gasteiger partial charge on any atom is -0.339 e. The number of nitrogens with one attached hydrogen (secondary N) is 1. The molecule has 0 bridgehead atoms. The Bertz CT molecular complexity index is 1150. The Balaban J connectivity index is 1.25. The number of aromatic nitrogens is 2. The minimum absolute atomic E-state index is 0.0272. The molecule has 7 nitrogen and oxygen atoms in total. The van der Waals surface area contributed by atoms with Gasteiger partial charge in [0.05, 0.1) is 12.3 Å². The number of anilines is 1. The molecule has 1 N–H and O–H groups in total. The van der Waals surface area contributed by atoms with Gasteiger partial charge in [-0.15, -0.1) is 0 Å². The molecule has 0 radical (unpaired) electrons. The average molecular weight is 498 g/mol. The number of para-hydroxylation sites is 1. The molecule has 1 aliphatic heterocycles. The van der Waals surface area contributed by atoms with Gasteiger partial charge < -0.3 is 10.2 Å². The van der Waals surface area contributed by atoms with Gasteiger partial charge in [-0.2, -0.15) is 0 Å². The highest BCUT2D eigenvalue weighted by atomic mass is 35.5. The molecule has 0 spiro atoms. The summed E-state index contributed by atoms with van der Waals surface area (Å²) in [4.78, 5) is 33.7. The van der Waals surface area contributed by atoms with E-state index in [1.807, 2.05) is 72.0 Å². The van der Waals surface area contributed by atoms with Crippen LogP contribution in [0.4, 0.5) is 5.69 Å². The number of hydrogen-bond donors (Lipinski definition) is 1. The number of thioether (sulfide) groups is 1. The zero-order chi connectivity index (χ0) is 24.1. The molecule has 1 aromatic heterocycles. The number of piperazine rings is 1. The van der Waals surface area contributed by atoms with E-state index in [2.05, 4.69) is 15.2 Å². The van der Waals surface area contributed by atoms with Gasteiger partial charge in [0.15, 0.2) is 5.16 Å². The second-order valence-corrected chi connectivity index (χ2v) is 9.70. The van der Waals surface area contributed by atoms with Gasteiger partial charge in [-0.25, -0.2) is 4.98 Å². The summed E-state index contributed by atoms with van der Waals surface area (Å²) in [5.74, 6) is 0.357. The van der Waals surface area contributed by atoms with Crippen LogP contribution in [0.25, 0.3) is 5.69 Å². The van der Waals surface area contributed by atoms with E-state index >= 15 is 0 Å². The summed E-state index contributed by atoms with van der Waals surface area (Å²) >= 11 is 7.52. The van der Waals surface area contributed by atoms with Crippen LogP contribution >= 0.6 is 23.4 Å². The normalized spacial score (nSPS) is 14.3. The van der Waals surface area contributed by atoms with E-state index in [4.69, 9.17) is 11.6 Å². The van der Waals surface area contributed by atoms with Crippen molar-refractivity contribution in [1.29, 1.82) is 0 Å². The Morgan fingerprint density at radius 3 is 2.47 bits per heavy atom. The van der Waals surface area contributed by atoms with Crippen molar-refractivity contribution in [3.8, 4) is 5.69 Å². The Morgan fingerprint density at radius 1 is 1.06 bits per heavy atom. The summed E-state index contributed by atoms with van der Waals surface area (Å²) in [6.45, 7) is 6.87. The number of nitrogens with zero attached hydrogens (tertiary/aromatic N) is 4. The predicted molar refractivity (Wildman–Crippen MR) is 137 cm³/mol. The maximum atomic E-state index is 12.8. The molecule has 178 valence electrons. The molecule has 2 heterocycles. The molecule has 2 aromatic carbocycles. The molecule has 9 heteroatoms. The van der Waals surface area contributed by atoms with E-state index in [0.29, 0.717) is 43.5 Å². The standard InChI is InChI=1S/C25H28ClN5O2S/c1-18-5-3-6-19(2)24(18)28-22(32)16-29-11-13-30(14-12-29)23(33)17-34-25-27-9-10-31(25)21-8-4-7-20(26)15-21/h3-10,15H,11-14,16-17H2,1-2H3,(H,28,32). The summed E-state index contributed by atoms with van der Waals surface area (Å²) in [7, 11) is 0. The van der Waals surface area contributed by atoms with Crippen molar-refractivity contribution in [3.63, 3.8) is 0 Å². The van der Waals surface area contributed by atoms with Crippen LogP contribution < -0.4 is 5.32 Å². The van der Waals surface area contributed by atoms with Crippen LogP contribution in [0.5, 0.6) is 0 Å². The first-order chi connectivity index (χ1) is 16.4. The van der Waals surface area contributed by atoms with Gasteiger partial charge in [0.25, 0.3) is 0 Å². The number of halogens is 1. The monoisotopic (exact) mass is 497 g/mol. The average Bonchev–Trinajstić information content (AvgIpc) is 3.29. The third kappa shape index (κ3) is 6.00. The molecule has 0 saturated carbocycles. The number of imidazole rings is 1. The fourth-order valence-corrected chi connectivity index (χ4v) is 5.05. The van der Waals surface area contributed by atoms with E-state index < -0.39 is 0 Å². The molecule has 0 atom stereocenters. The first-order valence-corrected chi connectivity index (χ1v) is 12.6. The van der Waals surface area contributed by atoms with Gasteiger partial charge >= 0.3 is 0 Å². The van der Waals surface area contributed by atoms with Crippen molar-refractivity contribution in [2.45, 2.75) is 19.0 Å². The van der Waals surface area contributed by atoms with Crippen molar-refractivity contribution in [1.82, 2.24) is 19.4 Å². The lowest BCUT2D eigenvalue weighted by Gasteiger charge is -2.34. The zero-order valence-corrected chi connectivity index (χ0v) is 20.9. The van der Waals surface area contributed by atoms with Gasteiger partial charge in [0.2, 0.25) is 11.8 Å². The molecule has 0 aliphatic carbocycles. The van der Waals surface area contributed by atoms with Gasteiger partial charge in [-0.1, -0.05) is 47.6 Å². The van der Waals surface area contributed by atoms with Gasteiger partial charge in [-0.3, -0.25) is 19.1 Å². The molecular weight excluding hydrogens is 470 g/mol. The van der Waals surface area contributed by atoms with E-state index in [9.17, 15) is 9.59 Å². The van der Waals surface area contributed by atoms with Crippen LogP contribution in [0.1, 0.15) is 11.1 Å². The first kappa shape index (κ1) is 24.3. The second-order valence-electron chi connectivity index (χ2n) is 8.32. The largest absolute Gasteiger partial charge is 0.339 e. The smallest absolute Gasteiger partial charge is 0.238 e. The fraction of sp³-hybridized carbons (Fsp3) is 0.320. The van der Waals surface area contributed by atoms with Crippen LogP contribution in [-0.2, 0) is 9.59 Å². The lowest BCUT2D eigenvalue weighted by atomic mass is 10.1. The number of benzene rings is 2. The zero-order valence-electron chi connectivity index (χ0n) is 19.3. The molecule has 1 saturated heterocycles. The maximum Gasteiger partial charge on any atom is 0.238 e. The highest BCUT2D eigenvalue weighted by molar-refractivity contribution is 7.99. The molecule has 1 fully saturated rings. The van der Waals surface area contributed by atoms with Gasteiger partial charge in [0.1, 0.15) is 0 Å². The summed E-state index contributed by atoms with van der Waals surface area (Å²) in [5.41, 5.74) is 3.90. The lowest BCUT2D eigenvalue weighted by Crippen LogP contribution is -2.51. The van der Waals surface area contributed by atoms with E-state index in [0.717, 1.165) is 27.7 Å². The molecule has 1 aliphatic rings. The van der Waals surface area contributed by atoms with Crippen molar-refractivity contribution >= 4 is 40.9 Å². The minimum atomic E-state index is -0.0272. The molecular formula is C25H28ClN5O2S. The molecule has 0 unspecified atom stereocenters. The summed E-state index contributed by atoms with van der Waals surface area (Å²) < 4.78 is 1.93. The van der Waals surface area contributed by atoms with Crippen LogP contribution in [-0.4, -0.2) is 69.6 Å². The van der Waals surface area contributed by atoms with E-state index in [1.165, 1.54) is 11.8 Å². The molecule has 4 rings (SSSR count). The molecule has 3 aromatic rings. The summed E-state index contributed by atoms with van der Waals surface area (Å²) in [6.07, 6.45) is 3.58. The van der Waals surface area contributed by atoms with Crippen molar-refractivity contribution < 1.29 is 9.59 Å². The van der Waals surface area contributed by atoms with Crippen molar-refractivity contribution in [3.05, 3.63) is 71.0 Å². The van der Waals surface area contributed by atoms with Gasteiger partial charge in [-0.05, 0) is 43.2 Å². The summed E-state index contributed by atoms with van der Waals surface area (Å²) in [5, 5.41) is 4.44. The van der Waals surface area contributed by atoms with E-state index in [1.54, 1.807) is 6.20 Å². The quantitative estimate of drug-likeness (QED) is 0.499. The number of carbonyl (C=O) groups excluding carboxylic acids is 2. The van der Waals surface area contributed by atoms with Gasteiger partial charge in [0, 0.05) is 55.0 Å². The summed E-state index contributed by atoms with van der Waals surface area (Å²) in [6, 6.07) is 13.5. The number of hydrogen-bond acceptors (Lipinski definition) is 5. The van der Waals surface area contributed by atoms with Crippen LogP contribution in [0, 0.1) is 13.8 Å². The van der Waals surface area contributed by atoms with Crippen molar-refractivity contribution in [2.75, 3.05) is 43.8 Å². The van der Waals surface area contributed by atoms with Crippen LogP contribution in [0.15, 0.2) is 60.0 Å². The van der Waals surface area contributed by atoms with Crippen molar-refractivity contribution in [2.24, 2.45) is 0 Å². The lowest BCUT2D eigenvalue weighted by molar-refractivity contribution is -0.130. The third-order valence-electron chi connectivity index (χ3n) is 5.86. The number of rotatable bonds is 7.